The Hall–Kier alpha value is -1.10. The fourth-order valence-corrected chi connectivity index (χ4v) is 2.08. The SMILES string of the molecule is CCN(CC)C(C)C(CCCC(=O)[O-])C(=O)[O-]. The zero-order valence-corrected chi connectivity index (χ0v) is 10.8. The molecule has 0 aliphatic rings. The minimum absolute atomic E-state index is 0.102. The summed E-state index contributed by atoms with van der Waals surface area (Å²) in [6, 6.07) is -0.142. The van der Waals surface area contributed by atoms with Crippen molar-refractivity contribution in [2.75, 3.05) is 13.1 Å². The lowest BCUT2D eigenvalue weighted by atomic mass is 9.93. The van der Waals surface area contributed by atoms with Crippen LogP contribution in [0.5, 0.6) is 0 Å². The zero-order chi connectivity index (χ0) is 13.4. The zero-order valence-electron chi connectivity index (χ0n) is 10.8. The van der Waals surface area contributed by atoms with E-state index in [-0.39, 0.29) is 12.5 Å². The van der Waals surface area contributed by atoms with Crippen molar-refractivity contribution in [3.05, 3.63) is 0 Å². The number of aliphatic carboxylic acids is 2. The van der Waals surface area contributed by atoms with Crippen LogP contribution in [-0.4, -0.2) is 36.0 Å². The third-order valence-corrected chi connectivity index (χ3v) is 3.17. The molecule has 17 heavy (non-hydrogen) atoms. The van der Waals surface area contributed by atoms with Crippen LogP contribution in [0.25, 0.3) is 0 Å². The minimum atomic E-state index is -1.14. The van der Waals surface area contributed by atoms with Crippen LogP contribution in [0.1, 0.15) is 40.0 Å². The van der Waals surface area contributed by atoms with Crippen molar-refractivity contribution >= 4 is 11.9 Å². The molecule has 0 rings (SSSR count). The molecular formula is C12H21NO4-2. The highest BCUT2D eigenvalue weighted by Gasteiger charge is 2.22. The van der Waals surface area contributed by atoms with E-state index in [1.807, 2.05) is 25.7 Å². The van der Waals surface area contributed by atoms with Crippen LogP contribution < -0.4 is 10.2 Å². The van der Waals surface area contributed by atoms with E-state index in [0.717, 1.165) is 13.1 Å². The molecule has 5 nitrogen and oxygen atoms in total. The van der Waals surface area contributed by atoms with Gasteiger partial charge in [0.15, 0.2) is 0 Å². The first kappa shape index (κ1) is 15.9. The first-order valence-corrected chi connectivity index (χ1v) is 6.08. The Morgan fingerprint density at radius 1 is 1.18 bits per heavy atom. The van der Waals surface area contributed by atoms with E-state index in [0.29, 0.717) is 12.8 Å². The van der Waals surface area contributed by atoms with Crippen molar-refractivity contribution < 1.29 is 19.8 Å². The molecule has 0 aliphatic carbocycles. The molecule has 0 saturated heterocycles. The van der Waals surface area contributed by atoms with Gasteiger partial charge in [0.05, 0.1) is 0 Å². The maximum absolute atomic E-state index is 11.1. The molecule has 2 atom stereocenters. The van der Waals surface area contributed by atoms with Crippen LogP contribution in [0, 0.1) is 5.92 Å². The Labute approximate surface area is 102 Å². The average Bonchev–Trinajstić information content (AvgIpc) is 2.25. The summed E-state index contributed by atoms with van der Waals surface area (Å²) in [6.07, 6.45) is 0.523. The van der Waals surface area contributed by atoms with Gasteiger partial charge in [-0.1, -0.05) is 13.8 Å². The van der Waals surface area contributed by atoms with E-state index in [9.17, 15) is 19.8 Å². The lowest BCUT2D eigenvalue weighted by molar-refractivity contribution is -0.314. The quantitative estimate of drug-likeness (QED) is 0.519. The third-order valence-electron chi connectivity index (χ3n) is 3.17. The summed E-state index contributed by atoms with van der Waals surface area (Å²) in [7, 11) is 0. The molecule has 0 aromatic carbocycles. The number of rotatable bonds is 9. The minimum Gasteiger partial charge on any atom is -0.550 e. The van der Waals surface area contributed by atoms with Gasteiger partial charge >= 0.3 is 0 Å². The van der Waals surface area contributed by atoms with Gasteiger partial charge in [0.1, 0.15) is 0 Å². The molecule has 0 aromatic heterocycles. The number of hydrogen-bond donors (Lipinski definition) is 0. The average molecular weight is 243 g/mol. The van der Waals surface area contributed by atoms with Crippen LogP contribution in [-0.2, 0) is 9.59 Å². The molecule has 2 unspecified atom stereocenters. The first-order chi connectivity index (χ1) is 7.93. The van der Waals surface area contributed by atoms with Crippen molar-refractivity contribution in [1.82, 2.24) is 4.90 Å². The van der Waals surface area contributed by atoms with Gasteiger partial charge in [0.25, 0.3) is 0 Å². The molecule has 0 saturated carbocycles. The van der Waals surface area contributed by atoms with Crippen molar-refractivity contribution in [1.29, 1.82) is 0 Å². The summed E-state index contributed by atoms with van der Waals surface area (Å²) >= 11 is 0. The van der Waals surface area contributed by atoms with Gasteiger partial charge in [0, 0.05) is 23.9 Å². The molecule has 0 fully saturated rings. The maximum Gasteiger partial charge on any atom is 0.0460 e. The third kappa shape index (κ3) is 5.68. The predicted molar refractivity (Wildman–Crippen MR) is 59.7 cm³/mol. The van der Waals surface area contributed by atoms with Gasteiger partial charge < -0.3 is 24.7 Å². The monoisotopic (exact) mass is 243 g/mol. The Morgan fingerprint density at radius 2 is 1.71 bits per heavy atom. The van der Waals surface area contributed by atoms with E-state index in [2.05, 4.69) is 0 Å². The molecule has 0 radical (unpaired) electrons. The number of carboxylic acids is 2. The topological polar surface area (TPSA) is 83.5 Å². The first-order valence-electron chi connectivity index (χ1n) is 6.08. The van der Waals surface area contributed by atoms with Crippen LogP contribution in [0.15, 0.2) is 0 Å². The maximum atomic E-state index is 11.1. The number of nitrogens with zero attached hydrogens (tertiary/aromatic N) is 1. The van der Waals surface area contributed by atoms with Gasteiger partial charge in [-0.2, -0.15) is 0 Å². The number of carbonyl (C=O) groups is 2. The summed E-state index contributed by atoms with van der Waals surface area (Å²) in [5.74, 6) is -2.88. The van der Waals surface area contributed by atoms with Crippen LogP contribution >= 0.6 is 0 Å². The van der Waals surface area contributed by atoms with E-state index in [1.54, 1.807) is 0 Å². The van der Waals surface area contributed by atoms with Gasteiger partial charge in [0.2, 0.25) is 0 Å². The van der Waals surface area contributed by atoms with Crippen molar-refractivity contribution in [2.24, 2.45) is 5.92 Å². The lowest BCUT2D eigenvalue weighted by Gasteiger charge is -2.34. The summed E-state index contributed by atoms with van der Waals surface area (Å²) in [5, 5.41) is 21.3. The fourth-order valence-electron chi connectivity index (χ4n) is 2.08. The standard InChI is InChI=1S/C12H23NO4/c1-4-13(5-2)9(3)10(12(16)17)7-6-8-11(14)15/h9-10H,4-8H2,1-3H3,(H,14,15)(H,16,17)/p-2. The summed E-state index contributed by atoms with van der Waals surface area (Å²) < 4.78 is 0. The van der Waals surface area contributed by atoms with Gasteiger partial charge in [-0.05, 0) is 39.3 Å². The van der Waals surface area contributed by atoms with Gasteiger partial charge in [-0.3, -0.25) is 0 Å². The van der Waals surface area contributed by atoms with E-state index in [1.165, 1.54) is 0 Å². The Morgan fingerprint density at radius 3 is 2.06 bits per heavy atom. The van der Waals surface area contributed by atoms with Crippen molar-refractivity contribution in [2.45, 2.75) is 46.1 Å². The second-order valence-corrected chi connectivity index (χ2v) is 4.15. The van der Waals surface area contributed by atoms with E-state index in [4.69, 9.17) is 0 Å². The van der Waals surface area contributed by atoms with E-state index >= 15 is 0 Å². The Kier molecular flexibility index (Phi) is 7.54. The molecule has 0 heterocycles. The fraction of sp³-hybridized carbons (Fsp3) is 0.833. The molecule has 0 spiro atoms. The molecule has 0 aromatic rings. The molecular weight excluding hydrogens is 222 g/mol. The van der Waals surface area contributed by atoms with Crippen molar-refractivity contribution in [3.63, 3.8) is 0 Å². The molecule has 100 valence electrons. The summed E-state index contributed by atoms with van der Waals surface area (Å²) in [4.78, 5) is 23.4. The number of hydrogen-bond acceptors (Lipinski definition) is 5. The van der Waals surface area contributed by atoms with Crippen LogP contribution in [0.4, 0.5) is 0 Å². The Bertz CT molecular complexity index is 251. The Balaban J connectivity index is 4.40. The van der Waals surface area contributed by atoms with E-state index < -0.39 is 17.9 Å². The molecule has 0 bridgehead atoms. The molecule has 0 aliphatic heterocycles. The molecule has 0 amide bonds. The van der Waals surface area contributed by atoms with Gasteiger partial charge in [-0.15, -0.1) is 0 Å². The molecule has 0 N–H and O–H groups in total. The van der Waals surface area contributed by atoms with Crippen molar-refractivity contribution in [3.8, 4) is 0 Å². The highest BCUT2D eigenvalue weighted by atomic mass is 16.4. The normalized spacial score (nSPS) is 14.6. The van der Waals surface area contributed by atoms with Crippen LogP contribution in [0.3, 0.4) is 0 Å². The molecule has 5 heteroatoms. The highest BCUT2D eigenvalue weighted by molar-refractivity contribution is 5.68. The summed E-state index contributed by atoms with van der Waals surface area (Å²) in [5.41, 5.74) is 0. The lowest BCUT2D eigenvalue weighted by Crippen LogP contribution is -2.46. The number of carbonyl (C=O) groups excluding carboxylic acids is 2. The highest BCUT2D eigenvalue weighted by Crippen LogP contribution is 2.17. The smallest absolute Gasteiger partial charge is 0.0460 e. The number of carboxylic acid groups (broad SMARTS) is 2. The second-order valence-electron chi connectivity index (χ2n) is 4.15. The second kappa shape index (κ2) is 8.06. The summed E-state index contributed by atoms with van der Waals surface area (Å²) in [6.45, 7) is 7.30. The van der Waals surface area contributed by atoms with Crippen LogP contribution in [0.2, 0.25) is 0 Å². The van der Waals surface area contributed by atoms with Gasteiger partial charge in [-0.25, -0.2) is 0 Å². The predicted octanol–water partition coefficient (Wildman–Crippen LogP) is -0.997. The largest absolute Gasteiger partial charge is 0.550 e.